The van der Waals surface area contributed by atoms with Crippen molar-refractivity contribution in [1.82, 2.24) is 4.98 Å². The van der Waals surface area contributed by atoms with Crippen molar-refractivity contribution in [3.8, 4) is 0 Å². The number of aromatic nitrogens is 1. The molecule has 0 saturated heterocycles. The standard InChI is InChI=1S/C10H14N4O3/c1-17-7-4-6(5-7)12-9-3-2-8(14(15)16)10(11)13-9/h2-3,6-7H,4-5H2,1H3,(H3,11,12,13). The molecule has 0 unspecified atom stereocenters. The van der Waals surface area contributed by atoms with E-state index >= 15 is 0 Å². The maximum Gasteiger partial charge on any atom is 0.311 e. The molecule has 1 aromatic heterocycles. The molecule has 0 amide bonds. The van der Waals surface area contributed by atoms with E-state index in [1.807, 2.05) is 0 Å². The molecule has 7 heteroatoms. The van der Waals surface area contributed by atoms with E-state index in [0.29, 0.717) is 18.0 Å². The van der Waals surface area contributed by atoms with E-state index < -0.39 is 4.92 Å². The zero-order valence-electron chi connectivity index (χ0n) is 9.42. The molecule has 1 heterocycles. The lowest BCUT2D eigenvalue weighted by Gasteiger charge is -2.34. The summed E-state index contributed by atoms with van der Waals surface area (Å²) in [6.07, 6.45) is 2.12. The summed E-state index contributed by atoms with van der Waals surface area (Å²) in [6.45, 7) is 0. The zero-order valence-corrected chi connectivity index (χ0v) is 9.42. The van der Waals surface area contributed by atoms with Gasteiger partial charge in [-0.1, -0.05) is 0 Å². The van der Waals surface area contributed by atoms with Gasteiger partial charge in [-0.2, -0.15) is 0 Å². The van der Waals surface area contributed by atoms with Gasteiger partial charge >= 0.3 is 5.69 Å². The highest BCUT2D eigenvalue weighted by molar-refractivity contribution is 5.57. The van der Waals surface area contributed by atoms with Crippen molar-refractivity contribution in [3.63, 3.8) is 0 Å². The third-order valence-electron chi connectivity index (χ3n) is 2.88. The van der Waals surface area contributed by atoms with Crippen LogP contribution in [-0.4, -0.2) is 29.2 Å². The van der Waals surface area contributed by atoms with E-state index in [0.717, 1.165) is 12.8 Å². The number of ether oxygens (including phenoxy) is 1. The Bertz CT molecular complexity index is 432. The predicted molar refractivity (Wildman–Crippen MR) is 62.7 cm³/mol. The number of methoxy groups -OCH3 is 1. The number of pyridine rings is 1. The quantitative estimate of drug-likeness (QED) is 0.602. The van der Waals surface area contributed by atoms with E-state index in [1.54, 1.807) is 13.2 Å². The van der Waals surface area contributed by atoms with E-state index in [9.17, 15) is 10.1 Å². The number of anilines is 2. The zero-order chi connectivity index (χ0) is 12.4. The molecule has 92 valence electrons. The molecule has 1 aliphatic carbocycles. The second-order valence-electron chi connectivity index (χ2n) is 4.03. The lowest BCUT2D eigenvalue weighted by molar-refractivity contribution is -0.384. The lowest BCUT2D eigenvalue weighted by atomic mass is 9.89. The first-order chi connectivity index (χ1) is 8.10. The molecular formula is C10H14N4O3. The Morgan fingerprint density at radius 2 is 2.29 bits per heavy atom. The summed E-state index contributed by atoms with van der Waals surface area (Å²) in [6, 6.07) is 3.22. The van der Waals surface area contributed by atoms with Crippen molar-refractivity contribution >= 4 is 17.3 Å². The fourth-order valence-electron chi connectivity index (χ4n) is 1.79. The van der Waals surface area contributed by atoms with Gasteiger partial charge in [0.25, 0.3) is 0 Å². The number of hydrogen-bond donors (Lipinski definition) is 2. The highest BCUT2D eigenvalue weighted by Gasteiger charge is 2.29. The Hall–Kier alpha value is -1.89. The molecule has 3 N–H and O–H groups in total. The Labute approximate surface area is 98.1 Å². The summed E-state index contributed by atoms with van der Waals surface area (Å²) >= 11 is 0. The topological polar surface area (TPSA) is 103 Å². The van der Waals surface area contributed by atoms with Crippen LogP contribution in [0.15, 0.2) is 12.1 Å². The first-order valence-electron chi connectivity index (χ1n) is 5.30. The summed E-state index contributed by atoms with van der Waals surface area (Å²) in [4.78, 5) is 14.0. The highest BCUT2D eigenvalue weighted by atomic mass is 16.6. The van der Waals surface area contributed by atoms with E-state index in [4.69, 9.17) is 10.5 Å². The molecule has 2 rings (SSSR count). The first-order valence-corrected chi connectivity index (χ1v) is 5.30. The number of hydrogen-bond acceptors (Lipinski definition) is 6. The second-order valence-corrected chi connectivity index (χ2v) is 4.03. The predicted octanol–water partition coefficient (Wildman–Crippen LogP) is 1.16. The molecule has 1 aromatic rings. The van der Waals surface area contributed by atoms with Crippen molar-refractivity contribution in [3.05, 3.63) is 22.2 Å². The molecule has 1 fully saturated rings. The van der Waals surface area contributed by atoms with Crippen molar-refractivity contribution < 1.29 is 9.66 Å². The molecule has 17 heavy (non-hydrogen) atoms. The van der Waals surface area contributed by atoms with Crippen molar-refractivity contribution in [2.24, 2.45) is 0 Å². The van der Waals surface area contributed by atoms with Gasteiger partial charge in [0.05, 0.1) is 11.0 Å². The average molecular weight is 238 g/mol. The summed E-state index contributed by atoms with van der Waals surface area (Å²) in [5.74, 6) is 0.496. The SMILES string of the molecule is COC1CC(Nc2ccc([N+](=O)[O-])c(N)n2)C1. The van der Waals surface area contributed by atoms with Crippen LogP contribution in [0.4, 0.5) is 17.3 Å². The van der Waals surface area contributed by atoms with Crippen molar-refractivity contribution in [2.75, 3.05) is 18.2 Å². The highest BCUT2D eigenvalue weighted by Crippen LogP contribution is 2.27. The van der Waals surface area contributed by atoms with Gasteiger partial charge in [0, 0.05) is 19.2 Å². The van der Waals surface area contributed by atoms with Crippen LogP contribution in [0.2, 0.25) is 0 Å². The number of rotatable bonds is 4. The van der Waals surface area contributed by atoms with Gasteiger partial charge < -0.3 is 15.8 Å². The van der Waals surface area contributed by atoms with Crippen LogP contribution in [0, 0.1) is 10.1 Å². The van der Waals surface area contributed by atoms with Gasteiger partial charge in [-0.05, 0) is 18.9 Å². The molecule has 0 spiro atoms. The van der Waals surface area contributed by atoms with Crippen LogP contribution >= 0.6 is 0 Å². The number of nitrogen functional groups attached to an aromatic ring is 1. The Balaban J connectivity index is 1.99. The molecule has 0 aromatic carbocycles. The Kier molecular flexibility index (Phi) is 3.10. The minimum Gasteiger partial charge on any atom is -0.381 e. The molecular weight excluding hydrogens is 224 g/mol. The third kappa shape index (κ3) is 2.44. The van der Waals surface area contributed by atoms with Crippen LogP contribution in [0.25, 0.3) is 0 Å². The van der Waals surface area contributed by atoms with E-state index in [2.05, 4.69) is 10.3 Å². The van der Waals surface area contributed by atoms with Crippen molar-refractivity contribution in [1.29, 1.82) is 0 Å². The average Bonchev–Trinajstić information content (AvgIpc) is 2.22. The van der Waals surface area contributed by atoms with Gasteiger partial charge in [0.1, 0.15) is 5.82 Å². The summed E-state index contributed by atoms with van der Waals surface area (Å²) in [5, 5.41) is 13.7. The van der Waals surface area contributed by atoms with Gasteiger partial charge in [-0.25, -0.2) is 4.98 Å². The summed E-state index contributed by atoms with van der Waals surface area (Å²) in [5.41, 5.74) is 5.33. The maximum atomic E-state index is 10.6. The van der Waals surface area contributed by atoms with E-state index in [-0.39, 0.29) is 11.5 Å². The number of nitrogens with one attached hydrogen (secondary N) is 1. The Morgan fingerprint density at radius 1 is 1.59 bits per heavy atom. The Morgan fingerprint density at radius 3 is 2.82 bits per heavy atom. The van der Waals surface area contributed by atoms with Crippen molar-refractivity contribution in [2.45, 2.75) is 25.0 Å². The number of nitrogens with zero attached hydrogens (tertiary/aromatic N) is 2. The molecule has 0 radical (unpaired) electrons. The van der Waals surface area contributed by atoms with Crippen LogP contribution in [0.5, 0.6) is 0 Å². The normalized spacial score (nSPS) is 22.9. The maximum absolute atomic E-state index is 10.6. The minimum absolute atomic E-state index is 0.0670. The molecule has 0 aliphatic heterocycles. The minimum atomic E-state index is -0.545. The van der Waals surface area contributed by atoms with Gasteiger partial charge in [0.2, 0.25) is 5.82 Å². The molecule has 1 saturated carbocycles. The monoisotopic (exact) mass is 238 g/mol. The second kappa shape index (κ2) is 4.54. The number of nitrogens with two attached hydrogens (primary N) is 1. The first kappa shape index (κ1) is 11.6. The van der Waals surface area contributed by atoms with Crippen LogP contribution in [0.3, 0.4) is 0 Å². The van der Waals surface area contributed by atoms with Gasteiger partial charge in [-0.15, -0.1) is 0 Å². The summed E-state index contributed by atoms with van der Waals surface area (Å²) in [7, 11) is 1.68. The van der Waals surface area contributed by atoms with Gasteiger partial charge in [-0.3, -0.25) is 10.1 Å². The smallest absolute Gasteiger partial charge is 0.311 e. The van der Waals surface area contributed by atoms with E-state index in [1.165, 1.54) is 6.07 Å². The lowest BCUT2D eigenvalue weighted by Crippen LogP contribution is -2.40. The molecule has 7 nitrogen and oxygen atoms in total. The molecule has 1 aliphatic rings. The largest absolute Gasteiger partial charge is 0.381 e. The third-order valence-corrected chi connectivity index (χ3v) is 2.88. The van der Waals surface area contributed by atoms with Crippen LogP contribution in [-0.2, 0) is 4.74 Å². The molecule has 0 atom stereocenters. The van der Waals surface area contributed by atoms with Crippen LogP contribution < -0.4 is 11.1 Å². The summed E-state index contributed by atoms with van der Waals surface area (Å²) < 4.78 is 5.15. The molecule has 0 bridgehead atoms. The van der Waals surface area contributed by atoms with Gasteiger partial charge in [0.15, 0.2) is 0 Å². The fourth-order valence-corrected chi connectivity index (χ4v) is 1.79. The fraction of sp³-hybridized carbons (Fsp3) is 0.500. The van der Waals surface area contributed by atoms with Crippen LogP contribution in [0.1, 0.15) is 12.8 Å². The number of nitro groups is 1.